The Morgan fingerprint density at radius 1 is 1.26 bits per heavy atom. The third-order valence-electron chi connectivity index (χ3n) is 4.32. The molecule has 0 bridgehead atoms. The van der Waals surface area contributed by atoms with Crippen molar-refractivity contribution in [2.75, 3.05) is 24.6 Å². The Morgan fingerprint density at radius 3 is 2.58 bits per heavy atom. The first-order valence-corrected chi connectivity index (χ1v) is 9.08. The highest BCUT2D eigenvalue weighted by Gasteiger charge is 2.28. The predicted octanol–water partition coefficient (Wildman–Crippen LogP) is 1.40. The van der Waals surface area contributed by atoms with Crippen LogP contribution in [-0.2, 0) is 9.84 Å². The normalized spacial score (nSPS) is 30.9. The molecule has 1 aliphatic carbocycles. The average Bonchev–Trinajstić information content (AvgIpc) is 2.38. The minimum absolute atomic E-state index is 0.0864. The maximum atomic E-state index is 12.1. The van der Waals surface area contributed by atoms with Crippen LogP contribution in [0.15, 0.2) is 0 Å². The number of nitrogens with one attached hydrogen (secondary N) is 1. The van der Waals surface area contributed by atoms with Gasteiger partial charge in [-0.2, -0.15) is 0 Å². The smallest absolute Gasteiger partial charge is 0.317 e. The van der Waals surface area contributed by atoms with Gasteiger partial charge in [-0.3, -0.25) is 0 Å². The monoisotopic (exact) mass is 288 g/mol. The van der Waals surface area contributed by atoms with Crippen LogP contribution in [0, 0.1) is 5.92 Å². The number of amides is 2. The van der Waals surface area contributed by atoms with Crippen molar-refractivity contribution in [2.45, 2.75) is 45.1 Å². The molecule has 2 atom stereocenters. The molecule has 5 nitrogen and oxygen atoms in total. The topological polar surface area (TPSA) is 66.5 Å². The molecular formula is C13H24N2O3S. The number of sulfone groups is 1. The van der Waals surface area contributed by atoms with Crippen molar-refractivity contribution in [1.82, 2.24) is 10.2 Å². The van der Waals surface area contributed by atoms with Crippen LogP contribution in [0.3, 0.4) is 0 Å². The summed E-state index contributed by atoms with van der Waals surface area (Å²) in [5, 5.41) is 3.07. The summed E-state index contributed by atoms with van der Waals surface area (Å²) in [6.07, 6.45) is 5.74. The van der Waals surface area contributed by atoms with Crippen molar-refractivity contribution < 1.29 is 13.2 Å². The van der Waals surface area contributed by atoms with E-state index in [0.717, 1.165) is 18.8 Å². The number of carbonyl (C=O) groups excluding carboxylic acids is 1. The van der Waals surface area contributed by atoms with Gasteiger partial charge in [-0.25, -0.2) is 13.2 Å². The molecule has 2 aliphatic rings. The summed E-state index contributed by atoms with van der Waals surface area (Å²) in [5.74, 6) is 0.923. The van der Waals surface area contributed by atoms with Crippen LogP contribution >= 0.6 is 0 Å². The van der Waals surface area contributed by atoms with Crippen LogP contribution in [0.5, 0.6) is 0 Å². The summed E-state index contributed by atoms with van der Waals surface area (Å²) >= 11 is 0. The fraction of sp³-hybridized carbons (Fsp3) is 0.923. The van der Waals surface area contributed by atoms with Crippen molar-refractivity contribution >= 4 is 15.9 Å². The molecule has 2 fully saturated rings. The molecule has 6 heteroatoms. The van der Waals surface area contributed by atoms with Crippen molar-refractivity contribution in [2.24, 2.45) is 5.92 Å². The van der Waals surface area contributed by atoms with Gasteiger partial charge in [0.15, 0.2) is 9.84 Å². The van der Waals surface area contributed by atoms with Gasteiger partial charge in [0.1, 0.15) is 0 Å². The van der Waals surface area contributed by atoms with E-state index >= 15 is 0 Å². The molecule has 19 heavy (non-hydrogen) atoms. The SMILES string of the molecule is CC[C@@H]1CCC[C@H](NC(=O)N2CCS(=O)(=O)CC2)C1. The van der Waals surface area contributed by atoms with E-state index in [2.05, 4.69) is 12.2 Å². The second kappa shape index (κ2) is 6.11. The zero-order valence-electron chi connectivity index (χ0n) is 11.6. The van der Waals surface area contributed by atoms with Crippen LogP contribution in [0.2, 0.25) is 0 Å². The number of carbonyl (C=O) groups is 1. The minimum Gasteiger partial charge on any atom is -0.335 e. The Hall–Kier alpha value is -0.780. The van der Waals surface area contributed by atoms with Gasteiger partial charge in [-0.1, -0.05) is 26.2 Å². The average molecular weight is 288 g/mol. The van der Waals surface area contributed by atoms with Gasteiger partial charge < -0.3 is 10.2 Å². The molecule has 0 aromatic heterocycles. The van der Waals surface area contributed by atoms with Gasteiger partial charge in [0.05, 0.1) is 11.5 Å². The van der Waals surface area contributed by atoms with E-state index < -0.39 is 9.84 Å². The summed E-state index contributed by atoms with van der Waals surface area (Å²) < 4.78 is 22.7. The third kappa shape index (κ3) is 4.09. The molecule has 1 aliphatic heterocycles. The summed E-state index contributed by atoms with van der Waals surface area (Å²) in [6.45, 7) is 2.86. The molecule has 1 saturated heterocycles. The van der Waals surface area contributed by atoms with E-state index in [9.17, 15) is 13.2 Å². The molecule has 0 aromatic rings. The number of hydrogen-bond donors (Lipinski definition) is 1. The lowest BCUT2D eigenvalue weighted by molar-refractivity contribution is 0.189. The Morgan fingerprint density at radius 2 is 1.95 bits per heavy atom. The Kier molecular flexibility index (Phi) is 4.71. The first-order chi connectivity index (χ1) is 9.00. The summed E-state index contributed by atoms with van der Waals surface area (Å²) in [5.41, 5.74) is 0. The number of urea groups is 1. The number of rotatable bonds is 2. The highest BCUT2D eigenvalue weighted by Crippen LogP contribution is 2.26. The number of hydrogen-bond acceptors (Lipinski definition) is 3. The highest BCUT2D eigenvalue weighted by molar-refractivity contribution is 7.91. The second-order valence-corrected chi connectivity index (χ2v) is 8.03. The maximum absolute atomic E-state index is 12.1. The van der Waals surface area contributed by atoms with Crippen molar-refractivity contribution in [3.8, 4) is 0 Å². The summed E-state index contributed by atoms with van der Waals surface area (Å²) in [7, 11) is -2.92. The highest BCUT2D eigenvalue weighted by atomic mass is 32.2. The summed E-state index contributed by atoms with van der Waals surface area (Å²) in [4.78, 5) is 13.7. The first kappa shape index (κ1) is 14.6. The molecule has 2 rings (SSSR count). The zero-order valence-corrected chi connectivity index (χ0v) is 12.4. The zero-order chi connectivity index (χ0) is 13.9. The molecule has 1 saturated carbocycles. The van der Waals surface area contributed by atoms with Gasteiger partial charge >= 0.3 is 6.03 Å². The molecule has 0 unspecified atom stereocenters. The van der Waals surface area contributed by atoms with Gasteiger partial charge in [0, 0.05) is 19.1 Å². The van der Waals surface area contributed by atoms with E-state index in [1.165, 1.54) is 19.3 Å². The molecular weight excluding hydrogens is 264 g/mol. The number of nitrogens with zero attached hydrogens (tertiary/aromatic N) is 1. The van der Waals surface area contributed by atoms with Gasteiger partial charge in [-0.15, -0.1) is 0 Å². The van der Waals surface area contributed by atoms with E-state index in [1.807, 2.05) is 0 Å². The first-order valence-electron chi connectivity index (χ1n) is 7.26. The Labute approximate surface area is 115 Å². The molecule has 1 N–H and O–H groups in total. The van der Waals surface area contributed by atoms with E-state index in [-0.39, 0.29) is 23.6 Å². The van der Waals surface area contributed by atoms with Crippen molar-refractivity contribution in [1.29, 1.82) is 0 Å². The van der Waals surface area contributed by atoms with Gasteiger partial charge in [0.25, 0.3) is 0 Å². The molecule has 0 aromatic carbocycles. The van der Waals surface area contributed by atoms with E-state index in [1.54, 1.807) is 4.90 Å². The van der Waals surface area contributed by atoms with Crippen molar-refractivity contribution in [3.63, 3.8) is 0 Å². The van der Waals surface area contributed by atoms with Gasteiger partial charge in [-0.05, 0) is 18.8 Å². The third-order valence-corrected chi connectivity index (χ3v) is 5.93. The van der Waals surface area contributed by atoms with Crippen LogP contribution in [0.4, 0.5) is 4.79 Å². The second-order valence-electron chi connectivity index (χ2n) is 5.73. The quantitative estimate of drug-likeness (QED) is 0.835. The fourth-order valence-corrected chi connectivity index (χ4v) is 4.18. The van der Waals surface area contributed by atoms with Crippen LogP contribution in [-0.4, -0.2) is 50.0 Å². The lowest BCUT2D eigenvalue weighted by atomic mass is 9.84. The standard InChI is InChI=1S/C13H24N2O3S/c1-2-11-4-3-5-12(10-11)14-13(16)15-6-8-19(17,18)9-7-15/h11-12H,2-10H2,1H3,(H,14,16)/t11-,12+/m1/s1. The van der Waals surface area contributed by atoms with Gasteiger partial charge in [0.2, 0.25) is 0 Å². The van der Waals surface area contributed by atoms with E-state index in [0.29, 0.717) is 13.1 Å². The molecule has 2 amide bonds. The van der Waals surface area contributed by atoms with Crippen LogP contribution in [0.25, 0.3) is 0 Å². The molecule has 1 heterocycles. The molecule has 0 radical (unpaired) electrons. The Bertz CT molecular complexity index is 408. The van der Waals surface area contributed by atoms with Crippen LogP contribution in [0.1, 0.15) is 39.0 Å². The fourth-order valence-electron chi connectivity index (χ4n) is 2.97. The lowest BCUT2D eigenvalue weighted by Crippen LogP contribution is -2.51. The minimum atomic E-state index is -2.92. The summed E-state index contributed by atoms with van der Waals surface area (Å²) in [6, 6.07) is 0.182. The maximum Gasteiger partial charge on any atom is 0.317 e. The van der Waals surface area contributed by atoms with E-state index in [4.69, 9.17) is 0 Å². The van der Waals surface area contributed by atoms with Crippen LogP contribution < -0.4 is 5.32 Å². The molecule has 0 spiro atoms. The van der Waals surface area contributed by atoms with Crippen molar-refractivity contribution in [3.05, 3.63) is 0 Å². The largest absolute Gasteiger partial charge is 0.335 e. The Balaban J connectivity index is 1.81. The predicted molar refractivity (Wildman–Crippen MR) is 74.8 cm³/mol. The molecule has 110 valence electrons. The lowest BCUT2D eigenvalue weighted by Gasteiger charge is -2.33.